The van der Waals surface area contributed by atoms with Crippen LogP contribution in [0.3, 0.4) is 0 Å². The van der Waals surface area contributed by atoms with Crippen LogP contribution in [-0.4, -0.2) is 27.5 Å². The Bertz CT molecular complexity index is 523. The van der Waals surface area contributed by atoms with Gasteiger partial charge in [0.15, 0.2) is 11.5 Å². The molecule has 0 radical (unpaired) electrons. The Morgan fingerprint density at radius 3 is 2.89 bits per heavy atom. The van der Waals surface area contributed by atoms with Gasteiger partial charge in [0.1, 0.15) is 4.60 Å². The second-order valence-electron chi connectivity index (χ2n) is 4.60. The third-order valence-corrected chi connectivity index (χ3v) is 3.62. The molecule has 2 aromatic heterocycles. The molecule has 0 spiro atoms. The van der Waals surface area contributed by atoms with Crippen molar-refractivity contribution in [1.29, 1.82) is 0 Å². The molecular weight excluding hydrogens is 292 g/mol. The molecule has 0 amide bonds. The van der Waals surface area contributed by atoms with Crippen LogP contribution in [0.5, 0.6) is 0 Å². The largest absolute Gasteiger partial charge is 0.354 e. The van der Waals surface area contributed by atoms with Gasteiger partial charge in [0.25, 0.3) is 0 Å². The van der Waals surface area contributed by atoms with Gasteiger partial charge in [-0.2, -0.15) is 0 Å². The summed E-state index contributed by atoms with van der Waals surface area (Å²) in [5.41, 5.74) is 0.920. The van der Waals surface area contributed by atoms with Crippen LogP contribution in [0.4, 0.5) is 5.82 Å². The number of fused-ring (bicyclic) bond motifs is 1. The lowest BCUT2D eigenvalue weighted by Crippen LogP contribution is -2.29. The standard InChI is InChI=1S/C13H19BrN4/c1-4-10(3)8-17(5-2)13-12-15-6-7-18(12)9-11(14)16-13/h6-7,9-10H,4-5,8H2,1-3H3. The molecule has 0 saturated carbocycles. The Balaban J connectivity index is 2.40. The van der Waals surface area contributed by atoms with E-state index in [2.05, 4.69) is 51.6 Å². The first-order valence-corrected chi connectivity index (χ1v) is 7.19. The monoisotopic (exact) mass is 310 g/mol. The minimum absolute atomic E-state index is 0.653. The minimum Gasteiger partial charge on any atom is -0.354 e. The Kier molecular flexibility index (Phi) is 4.22. The molecule has 0 bridgehead atoms. The normalized spacial score (nSPS) is 12.9. The van der Waals surface area contributed by atoms with Crippen LogP contribution < -0.4 is 4.90 Å². The van der Waals surface area contributed by atoms with Crippen molar-refractivity contribution in [2.75, 3.05) is 18.0 Å². The summed E-state index contributed by atoms with van der Waals surface area (Å²) in [7, 11) is 0. The molecule has 2 rings (SSSR count). The number of nitrogens with zero attached hydrogens (tertiary/aromatic N) is 4. The van der Waals surface area contributed by atoms with Crippen LogP contribution in [-0.2, 0) is 0 Å². The van der Waals surface area contributed by atoms with Crippen molar-refractivity contribution < 1.29 is 0 Å². The first-order chi connectivity index (χ1) is 8.65. The predicted molar refractivity (Wildman–Crippen MR) is 78.0 cm³/mol. The van der Waals surface area contributed by atoms with Crippen LogP contribution in [0.15, 0.2) is 23.2 Å². The Hall–Kier alpha value is -1.10. The highest BCUT2D eigenvalue weighted by atomic mass is 79.9. The lowest BCUT2D eigenvalue weighted by molar-refractivity contribution is 0.545. The second-order valence-corrected chi connectivity index (χ2v) is 5.41. The first kappa shape index (κ1) is 13.3. The van der Waals surface area contributed by atoms with Gasteiger partial charge in [-0.1, -0.05) is 20.3 Å². The van der Waals surface area contributed by atoms with E-state index in [9.17, 15) is 0 Å². The summed E-state index contributed by atoms with van der Waals surface area (Å²) >= 11 is 3.46. The van der Waals surface area contributed by atoms with E-state index in [1.807, 2.05) is 23.0 Å². The van der Waals surface area contributed by atoms with Gasteiger partial charge < -0.3 is 9.30 Å². The van der Waals surface area contributed by atoms with E-state index < -0.39 is 0 Å². The van der Waals surface area contributed by atoms with Crippen molar-refractivity contribution in [2.45, 2.75) is 27.2 Å². The van der Waals surface area contributed by atoms with Crippen molar-refractivity contribution in [3.63, 3.8) is 0 Å². The summed E-state index contributed by atoms with van der Waals surface area (Å²) in [5, 5.41) is 0. The number of hydrogen-bond acceptors (Lipinski definition) is 3. The summed E-state index contributed by atoms with van der Waals surface area (Å²) in [6, 6.07) is 0. The molecular formula is C13H19BrN4. The zero-order valence-electron chi connectivity index (χ0n) is 11.1. The molecule has 98 valence electrons. The van der Waals surface area contributed by atoms with Crippen molar-refractivity contribution in [3.8, 4) is 0 Å². The lowest BCUT2D eigenvalue weighted by atomic mass is 10.1. The topological polar surface area (TPSA) is 33.4 Å². The van der Waals surface area contributed by atoms with E-state index in [0.29, 0.717) is 5.92 Å². The molecule has 0 N–H and O–H groups in total. The van der Waals surface area contributed by atoms with Gasteiger partial charge in [0.05, 0.1) is 0 Å². The number of imidazole rings is 1. The quantitative estimate of drug-likeness (QED) is 0.849. The van der Waals surface area contributed by atoms with Crippen LogP contribution in [0.2, 0.25) is 0 Å². The van der Waals surface area contributed by atoms with Gasteiger partial charge in [-0.15, -0.1) is 0 Å². The molecule has 18 heavy (non-hydrogen) atoms. The molecule has 2 heterocycles. The van der Waals surface area contributed by atoms with Gasteiger partial charge in [0.2, 0.25) is 0 Å². The van der Waals surface area contributed by atoms with E-state index in [0.717, 1.165) is 29.2 Å². The van der Waals surface area contributed by atoms with E-state index in [-0.39, 0.29) is 0 Å². The number of aromatic nitrogens is 3. The highest BCUT2D eigenvalue weighted by Crippen LogP contribution is 2.22. The van der Waals surface area contributed by atoms with Crippen molar-refractivity contribution in [1.82, 2.24) is 14.4 Å². The van der Waals surface area contributed by atoms with Crippen molar-refractivity contribution in [2.24, 2.45) is 5.92 Å². The zero-order valence-corrected chi connectivity index (χ0v) is 12.7. The predicted octanol–water partition coefficient (Wildman–Crippen LogP) is 3.36. The maximum atomic E-state index is 4.59. The summed E-state index contributed by atoms with van der Waals surface area (Å²) in [6.07, 6.45) is 6.87. The Morgan fingerprint density at radius 1 is 1.44 bits per heavy atom. The van der Waals surface area contributed by atoms with Crippen LogP contribution in [0.25, 0.3) is 5.65 Å². The smallest absolute Gasteiger partial charge is 0.180 e. The summed E-state index contributed by atoms with van der Waals surface area (Å²) in [5.74, 6) is 1.61. The number of rotatable bonds is 5. The third kappa shape index (κ3) is 2.66. The molecule has 0 fully saturated rings. The molecule has 1 atom stereocenters. The molecule has 0 aromatic carbocycles. The number of halogens is 1. The Labute approximate surface area is 116 Å². The molecule has 0 aliphatic carbocycles. The van der Waals surface area contributed by atoms with Crippen LogP contribution >= 0.6 is 15.9 Å². The zero-order chi connectivity index (χ0) is 13.1. The van der Waals surface area contributed by atoms with Gasteiger partial charge in [-0.25, -0.2) is 9.97 Å². The number of anilines is 1. The molecule has 2 aromatic rings. The highest BCUT2D eigenvalue weighted by Gasteiger charge is 2.15. The van der Waals surface area contributed by atoms with E-state index in [4.69, 9.17) is 0 Å². The fourth-order valence-electron chi connectivity index (χ4n) is 1.97. The molecule has 4 nitrogen and oxygen atoms in total. The van der Waals surface area contributed by atoms with Crippen molar-refractivity contribution >= 4 is 27.4 Å². The SMILES string of the molecule is CCC(C)CN(CC)c1nc(Br)cn2ccnc12. The molecule has 0 saturated heterocycles. The second kappa shape index (κ2) is 5.69. The average Bonchev–Trinajstić information content (AvgIpc) is 2.82. The molecule has 0 aliphatic rings. The minimum atomic E-state index is 0.653. The van der Waals surface area contributed by atoms with Gasteiger partial charge in [-0.3, -0.25) is 0 Å². The van der Waals surface area contributed by atoms with Gasteiger partial charge in [0, 0.05) is 31.7 Å². The number of hydrogen-bond donors (Lipinski definition) is 0. The summed E-state index contributed by atoms with van der Waals surface area (Å²) in [6.45, 7) is 8.60. The third-order valence-electron chi connectivity index (χ3n) is 3.24. The lowest BCUT2D eigenvalue weighted by Gasteiger charge is -2.25. The first-order valence-electron chi connectivity index (χ1n) is 6.39. The Morgan fingerprint density at radius 2 is 2.22 bits per heavy atom. The molecule has 5 heteroatoms. The average molecular weight is 311 g/mol. The van der Waals surface area contributed by atoms with Crippen LogP contribution in [0, 0.1) is 5.92 Å². The molecule has 1 unspecified atom stereocenters. The van der Waals surface area contributed by atoms with Gasteiger partial charge >= 0.3 is 0 Å². The fourth-order valence-corrected chi connectivity index (χ4v) is 2.36. The summed E-state index contributed by atoms with van der Waals surface area (Å²) < 4.78 is 2.84. The van der Waals surface area contributed by atoms with Crippen molar-refractivity contribution in [3.05, 3.63) is 23.2 Å². The fraction of sp³-hybridized carbons (Fsp3) is 0.538. The van der Waals surface area contributed by atoms with E-state index >= 15 is 0 Å². The van der Waals surface area contributed by atoms with E-state index in [1.54, 1.807) is 0 Å². The highest BCUT2D eigenvalue weighted by molar-refractivity contribution is 9.10. The van der Waals surface area contributed by atoms with Crippen LogP contribution in [0.1, 0.15) is 27.2 Å². The molecule has 0 aliphatic heterocycles. The maximum absolute atomic E-state index is 4.59. The maximum Gasteiger partial charge on any atom is 0.180 e. The van der Waals surface area contributed by atoms with E-state index in [1.165, 1.54) is 6.42 Å². The summed E-state index contributed by atoms with van der Waals surface area (Å²) in [4.78, 5) is 11.3. The van der Waals surface area contributed by atoms with Gasteiger partial charge in [-0.05, 0) is 28.8 Å².